The Labute approximate surface area is 238 Å². The van der Waals surface area contributed by atoms with Gasteiger partial charge in [0, 0.05) is 24.6 Å². The van der Waals surface area contributed by atoms with Crippen LogP contribution in [0.15, 0.2) is 48.5 Å². The number of hydrogen-bond acceptors (Lipinski definition) is 5. The lowest BCUT2D eigenvalue weighted by Crippen LogP contribution is -2.49. The van der Waals surface area contributed by atoms with Crippen molar-refractivity contribution in [2.75, 3.05) is 20.2 Å². The second-order valence-electron chi connectivity index (χ2n) is 10.5. The minimum Gasteiger partial charge on any atom is -0.449 e. The molecule has 2 atom stereocenters. The standard InChI is InChI=1S/C30H38F2N4O5/c1-20(21-10-4-3-5-11-21)35-27(38)26(37)25(14-6-7-17-34-28(39)33-2)36-29(40)41-19-30(15-9-16-30)18-22-23(31)12-8-13-24(22)32/h3-5,8,10-13,20,25H,6-7,9,14-19H2,1-2H3,(H,35,38)(H,36,40)(H2,33,34,39)/t20-,25+/m1/s1. The third-order valence-electron chi connectivity index (χ3n) is 7.45. The predicted octanol–water partition coefficient (Wildman–Crippen LogP) is 4.32. The van der Waals surface area contributed by atoms with Crippen LogP contribution in [-0.2, 0) is 20.7 Å². The third kappa shape index (κ3) is 9.26. The van der Waals surface area contributed by atoms with E-state index in [2.05, 4.69) is 21.3 Å². The number of carbonyl (C=O) groups excluding carboxylic acids is 4. The van der Waals surface area contributed by atoms with Gasteiger partial charge in [0.1, 0.15) is 17.7 Å². The van der Waals surface area contributed by atoms with E-state index in [0.717, 1.165) is 12.0 Å². The van der Waals surface area contributed by atoms with Crippen LogP contribution in [0.1, 0.15) is 62.6 Å². The normalized spacial score (nSPS) is 15.0. The number of unbranched alkanes of at least 4 members (excludes halogenated alkanes) is 1. The van der Waals surface area contributed by atoms with Crippen molar-refractivity contribution in [2.24, 2.45) is 5.41 Å². The van der Waals surface area contributed by atoms with E-state index in [4.69, 9.17) is 4.74 Å². The number of amides is 4. The van der Waals surface area contributed by atoms with Gasteiger partial charge in [-0.1, -0.05) is 42.8 Å². The summed E-state index contributed by atoms with van der Waals surface area (Å²) in [4.78, 5) is 50.1. The van der Waals surface area contributed by atoms with E-state index in [1.54, 1.807) is 6.92 Å². The number of nitrogens with one attached hydrogen (secondary N) is 4. The molecule has 0 spiro atoms. The van der Waals surface area contributed by atoms with E-state index in [9.17, 15) is 28.0 Å². The van der Waals surface area contributed by atoms with Crippen LogP contribution in [0.3, 0.4) is 0 Å². The van der Waals surface area contributed by atoms with Crippen LogP contribution in [0.4, 0.5) is 18.4 Å². The fourth-order valence-corrected chi connectivity index (χ4v) is 4.81. The Kier molecular flexibility index (Phi) is 11.6. The largest absolute Gasteiger partial charge is 0.449 e. The first-order chi connectivity index (χ1) is 19.6. The van der Waals surface area contributed by atoms with Crippen molar-refractivity contribution in [3.63, 3.8) is 0 Å². The summed E-state index contributed by atoms with van der Waals surface area (Å²) in [5.74, 6) is -2.96. The second-order valence-corrected chi connectivity index (χ2v) is 10.5. The Morgan fingerprint density at radius 1 is 0.951 bits per heavy atom. The number of hydrogen-bond donors (Lipinski definition) is 4. The molecule has 0 unspecified atom stereocenters. The molecule has 41 heavy (non-hydrogen) atoms. The summed E-state index contributed by atoms with van der Waals surface area (Å²) in [7, 11) is 1.50. The first-order valence-corrected chi connectivity index (χ1v) is 13.9. The molecule has 3 rings (SSSR count). The van der Waals surface area contributed by atoms with Crippen molar-refractivity contribution in [3.8, 4) is 0 Å². The number of alkyl carbamates (subject to hydrolysis) is 1. The van der Waals surface area contributed by atoms with Crippen LogP contribution in [-0.4, -0.2) is 50.1 Å². The predicted molar refractivity (Wildman–Crippen MR) is 149 cm³/mol. The SMILES string of the molecule is CNC(=O)NCCCC[C@H](NC(=O)OCC1(Cc2c(F)cccc2F)CCC1)C(=O)C(=O)N[C@H](C)c1ccccc1. The Hall–Kier alpha value is -4.02. The van der Waals surface area contributed by atoms with E-state index in [1.807, 2.05) is 30.3 Å². The van der Waals surface area contributed by atoms with E-state index in [-0.39, 0.29) is 31.0 Å². The van der Waals surface area contributed by atoms with Crippen molar-refractivity contribution < 1.29 is 32.7 Å². The highest BCUT2D eigenvalue weighted by Gasteiger charge is 2.40. The maximum Gasteiger partial charge on any atom is 0.407 e. The Morgan fingerprint density at radius 2 is 1.63 bits per heavy atom. The number of halogens is 2. The maximum absolute atomic E-state index is 14.3. The Bertz CT molecular complexity index is 1190. The summed E-state index contributed by atoms with van der Waals surface area (Å²) < 4.78 is 33.9. The summed E-state index contributed by atoms with van der Waals surface area (Å²) in [5.41, 5.74) is 0.169. The summed E-state index contributed by atoms with van der Waals surface area (Å²) in [6.45, 7) is 2.01. The molecule has 1 saturated carbocycles. The molecule has 2 aromatic carbocycles. The van der Waals surface area contributed by atoms with Crippen LogP contribution >= 0.6 is 0 Å². The average molecular weight is 573 g/mol. The third-order valence-corrected chi connectivity index (χ3v) is 7.45. The van der Waals surface area contributed by atoms with Crippen LogP contribution in [0.2, 0.25) is 0 Å². The van der Waals surface area contributed by atoms with Crippen molar-refractivity contribution in [3.05, 3.63) is 71.3 Å². The fourth-order valence-electron chi connectivity index (χ4n) is 4.81. The van der Waals surface area contributed by atoms with Gasteiger partial charge in [-0.3, -0.25) is 9.59 Å². The Morgan fingerprint density at radius 3 is 2.24 bits per heavy atom. The molecule has 0 aromatic heterocycles. The summed E-state index contributed by atoms with van der Waals surface area (Å²) in [5, 5.41) is 10.3. The lowest BCUT2D eigenvalue weighted by molar-refractivity contribution is -0.139. The number of urea groups is 1. The summed E-state index contributed by atoms with van der Waals surface area (Å²) >= 11 is 0. The minimum absolute atomic E-state index is 0.0427. The van der Waals surface area contributed by atoms with Gasteiger partial charge in [-0.2, -0.15) is 0 Å². The van der Waals surface area contributed by atoms with Gasteiger partial charge in [-0.15, -0.1) is 0 Å². The minimum atomic E-state index is -1.16. The number of Topliss-reactive ketones (excluding diaryl/α,β-unsaturated/α-hetero) is 1. The highest BCUT2D eigenvalue weighted by atomic mass is 19.1. The van der Waals surface area contributed by atoms with Crippen LogP contribution in [0.5, 0.6) is 0 Å². The molecule has 0 saturated heterocycles. The van der Waals surface area contributed by atoms with Gasteiger partial charge >= 0.3 is 12.1 Å². The van der Waals surface area contributed by atoms with E-state index in [0.29, 0.717) is 32.2 Å². The van der Waals surface area contributed by atoms with Crippen molar-refractivity contribution in [2.45, 2.75) is 64.0 Å². The monoisotopic (exact) mass is 572 g/mol. The van der Waals surface area contributed by atoms with Gasteiger partial charge in [0.15, 0.2) is 0 Å². The molecule has 222 valence electrons. The van der Waals surface area contributed by atoms with Gasteiger partial charge < -0.3 is 26.0 Å². The van der Waals surface area contributed by atoms with Crippen molar-refractivity contribution in [1.29, 1.82) is 0 Å². The lowest BCUT2D eigenvalue weighted by atomic mass is 9.66. The average Bonchev–Trinajstić information content (AvgIpc) is 2.94. The highest BCUT2D eigenvalue weighted by molar-refractivity contribution is 6.38. The molecule has 9 nitrogen and oxygen atoms in total. The quantitative estimate of drug-likeness (QED) is 0.198. The maximum atomic E-state index is 14.3. The highest BCUT2D eigenvalue weighted by Crippen LogP contribution is 2.44. The second kappa shape index (κ2) is 15.1. The lowest BCUT2D eigenvalue weighted by Gasteiger charge is -2.41. The summed E-state index contributed by atoms with van der Waals surface area (Å²) in [6, 6.07) is 10.9. The first kappa shape index (κ1) is 31.5. The zero-order chi connectivity index (χ0) is 29.8. The number of benzene rings is 2. The van der Waals surface area contributed by atoms with Crippen molar-refractivity contribution >= 4 is 23.8 Å². The molecule has 1 aliphatic carbocycles. The number of rotatable bonds is 14. The Balaban J connectivity index is 1.60. The zero-order valence-corrected chi connectivity index (χ0v) is 23.4. The molecule has 1 aliphatic rings. The molecule has 0 bridgehead atoms. The molecule has 0 heterocycles. The van der Waals surface area contributed by atoms with E-state index in [1.165, 1.54) is 25.2 Å². The molecular formula is C30H38F2N4O5. The molecule has 1 fully saturated rings. The van der Waals surface area contributed by atoms with Gasteiger partial charge in [0.2, 0.25) is 5.78 Å². The molecule has 2 aromatic rings. The van der Waals surface area contributed by atoms with E-state index >= 15 is 0 Å². The number of carbonyl (C=O) groups is 4. The van der Waals surface area contributed by atoms with Crippen LogP contribution < -0.4 is 21.3 Å². The van der Waals surface area contributed by atoms with Crippen LogP contribution in [0, 0.1) is 17.0 Å². The molecule has 4 N–H and O–H groups in total. The molecule has 11 heteroatoms. The van der Waals surface area contributed by atoms with E-state index < -0.39 is 46.9 Å². The van der Waals surface area contributed by atoms with Gasteiger partial charge in [-0.05, 0) is 63.1 Å². The first-order valence-electron chi connectivity index (χ1n) is 13.9. The van der Waals surface area contributed by atoms with Crippen molar-refractivity contribution in [1.82, 2.24) is 21.3 Å². The molecule has 0 radical (unpaired) electrons. The number of ketones is 1. The number of ether oxygens (including phenoxy) is 1. The van der Waals surface area contributed by atoms with Gasteiger partial charge in [0.05, 0.1) is 12.6 Å². The topological polar surface area (TPSA) is 126 Å². The summed E-state index contributed by atoms with van der Waals surface area (Å²) in [6.07, 6.45) is 2.37. The van der Waals surface area contributed by atoms with Gasteiger partial charge in [0.25, 0.3) is 5.91 Å². The smallest absolute Gasteiger partial charge is 0.407 e. The molecule has 0 aliphatic heterocycles. The van der Waals surface area contributed by atoms with Crippen LogP contribution in [0.25, 0.3) is 0 Å². The fraction of sp³-hybridized carbons (Fsp3) is 0.467. The molecular weight excluding hydrogens is 534 g/mol. The zero-order valence-electron chi connectivity index (χ0n) is 23.4. The van der Waals surface area contributed by atoms with Gasteiger partial charge in [-0.25, -0.2) is 18.4 Å². The molecule has 4 amide bonds.